The van der Waals surface area contributed by atoms with Crippen molar-refractivity contribution in [1.29, 1.82) is 0 Å². The molecule has 0 heterocycles. The van der Waals surface area contributed by atoms with Gasteiger partial charge in [-0.3, -0.25) is 28.9 Å². The van der Waals surface area contributed by atoms with Crippen LogP contribution in [0.4, 0.5) is 0 Å². The Hall–Kier alpha value is -3.52. The Labute approximate surface area is 277 Å². The van der Waals surface area contributed by atoms with Gasteiger partial charge < -0.3 is 30.2 Å². The van der Waals surface area contributed by atoms with Crippen LogP contribution in [0.5, 0.6) is 0 Å². The number of amides is 2. The SMILES string of the molecule is CC[C@H](C)[C@](C(=O)[C@](C)(O)C(=O)O)(C(=O)[C@](C(=O)[C@H](C)N(C)Cc1ccccc1)([C@@H](C)CC)N(C)C(=O)[C@@H](C)O)N(C)C(=O)[C@@H](C)O. The van der Waals surface area contributed by atoms with Crippen molar-refractivity contribution in [3.8, 4) is 0 Å². The zero-order chi connectivity index (χ0) is 36.8. The van der Waals surface area contributed by atoms with E-state index < -0.39 is 81.9 Å². The topological polar surface area (TPSA) is 193 Å². The van der Waals surface area contributed by atoms with Crippen molar-refractivity contribution in [2.75, 3.05) is 21.1 Å². The van der Waals surface area contributed by atoms with Gasteiger partial charge in [-0.05, 0) is 52.1 Å². The molecule has 0 unspecified atom stereocenters. The van der Waals surface area contributed by atoms with Gasteiger partial charge in [-0.25, -0.2) is 4.79 Å². The standard InChI is InChI=1S/C34H53N3O10/c1-12-20(3)33(36(10)27(41)23(6)38,26(40)22(5)35(9)19-25-17-15-14-16-18-25)30(44)34(21(4)13-2,37(11)28(42)24(7)39)29(43)32(8,47)31(45)46/h14-18,20-24,38-39,47H,12-13,19H2,1-11H3,(H,45,46)/t20-,21-,22-,23+,24+,32-,33+,34-/m0/s1. The summed E-state index contributed by atoms with van der Waals surface area (Å²) in [5, 5.41) is 41.9. The van der Waals surface area contributed by atoms with E-state index in [0.717, 1.165) is 38.4 Å². The molecule has 47 heavy (non-hydrogen) atoms. The van der Waals surface area contributed by atoms with Gasteiger partial charge in [-0.1, -0.05) is 70.9 Å². The molecule has 0 fully saturated rings. The van der Waals surface area contributed by atoms with Crippen LogP contribution in [0.25, 0.3) is 0 Å². The number of nitrogens with zero attached hydrogens (tertiary/aromatic N) is 3. The molecule has 0 radical (unpaired) electrons. The Kier molecular flexibility index (Phi) is 14.2. The summed E-state index contributed by atoms with van der Waals surface area (Å²) in [6.07, 6.45) is -3.49. The second-order valence-corrected chi connectivity index (χ2v) is 12.8. The fourth-order valence-corrected chi connectivity index (χ4v) is 6.20. The van der Waals surface area contributed by atoms with Gasteiger partial charge in [-0.2, -0.15) is 0 Å². The highest BCUT2D eigenvalue weighted by atomic mass is 16.4. The van der Waals surface area contributed by atoms with Crippen LogP contribution in [-0.2, 0) is 35.3 Å². The van der Waals surface area contributed by atoms with Crippen LogP contribution >= 0.6 is 0 Å². The van der Waals surface area contributed by atoms with Crippen molar-refractivity contribution in [1.82, 2.24) is 14.7 Å². The van der Waals surface area contributed by atoms with Gasteiger partial charge >= 0.3 is 5.97 Å². The molecule has 0 bridgehead atoms. The van der Waals surface area contributed by atoms with Crippen LogP contribution < -0.4 is 0 Å². The maximum atomic E-state index is 15.7. The predicted molar refractivity (Wildman–Crippen MR) is 174 cm³/mol. The summed E-state index contributed by atoms with van der Waals surface area (Å²) >= 11 is 0. The Balaban J connectivity index is 4.49. The summed E-state index contributed by atoms with van der Waals surface area (Å²) in [5.41, 5.74) is -7.95. The van der Waals surface area contributed by atoms with E-state index in [4.69, 9.17) is 0 Å². The molecule has 0 aliphatic heterocycles. The highest BCUT2D eigenvalue weighted by Gasteiger charge is 2.70. The van der Waals surface area contributed by atoms with E-state index in [2.05, 4.69) is 0 Å². The van der Waals surface area contributed by atoms with Crippen molar-refractivity contribution < 1.29 is 49.2 Å². The second kappa shape index (κ2) is 16.1. The first-order valence-electron chi connectivity index (χ1n) is 15.8. The normalized spacial score (nSPS) is 18.7. The number of rotatable bonds is 18. The van der Waals surface area contributed by atoms with Gasteiger partial charge in [0.2, 0.25) is 11.4 Å². The highest BCUT2D eigenvalue weighted by molar-refractivity contribution is 6.30. The molecule has 0 aromatic heterocycles. The molecule has 13 heteroatoms. The highest BCUT2D eigenvalue weighted by Crippen LogP contribution is 2.43. The summed E-state index contributed by atoms with van der Waals surface area (Å²) in [5.74, 6) is -10.4. The van der Waals surface area contributed by atoms with Gasteiger partial charge in [-0.15, -0.1) is 0 Å². The van der Waals surface area contributed by atoms with Crippen LogP contribution in [0.1, 0.15) is 73.8 Å². The summed E-state index contributed by atoms with van der Waals surface area (Å²) < 4.78 is 0. The Morgan fingerprint density at radius 2 is 1.13 bits per heavy atom. The van der Waals surface area contributed by atoms with E-state index in [0.29, 0.717) is 11.8 Å². The van der Waals surface area contributed by atoms with Crippen molar-refractivity contribution in [3.63, 3.8) is 0 Å². The maximum absolute atomic E-state index is 15.7. The van der Waals surface area contributed by atoms with E-state index in [1.807, 2.05) is 30.3 Å². The van der Waals surface area contributed by atoms with Gasteiger partial charge in [0, 0.05) is 20.6 Å². The number of carbonyl (C=O) groups excluding carboxylic acids is 5. The Morgan fingerprint density at radius 1 is 0.723 bits per heavy atom. The number of carbonyl (C=O) groups is 6. The molecule has 2 amide bonds. The van der Waals surface area contributed by atoms with Gasteiger partial charge in [0.15, 0.2) is 22.6 Å². The van der Waals surface area contributed by atoms with Crippen LogP contribution in [0, 0.1) is 11.8 Å². The zero-order valence-electron chi connectivity index (χ0n) is 29.5. The molecule has 4 N–H and O–H groups in total. The molecule has 264 valence electrons. The van der Waals surface area contributed by atoms with Crippen LogP contribution in [0.2, 0.25) is 0 Å². The molecule has 0 aliphatic rings. The number of aliphatic hydroxyl groups excluding tert-OH is 2. The van der Waals surface area contributed by atoms with Crippen LogP contribution in [0.3, 0.4) is 0 Å². The Bertz CT molecular complexity index is 1310. The molecular formula is C34H53N3O10. The number of aliphatic hydroxyl groups is 3. The minimum Gasteiger partial charge on any atom is -0.479 e. The lowest BCUT2D eigenvalue weighted by molar-refractivity contribution is -0.182. The van der Waals surface area contributed by atoms with Gasteiger partial charge in [0.05, 0.1) is 6.04 Å². The van der Waals surface area contributed by atoms with Crippen LogP contribution in [-0.4, -0.2) is 126 Å². The maximum Gasteiger partial charge on any atom is 0.343 e. The summed E-state index contributed by atoms with van der Waals surface area (Å²) in [6, 6.07) is 7.99. The minimum atomic E-state index is -3.26. The summed E-state index contributed by atoms with van der Waals surface area (Å²) in [4.78, 5) is 88.0. The number of likely N-dealkylation sites (N-methyl/N-ethyl adjacent to an activating group) is 3. The average molecular weight is 664 g/mol. The van der Waals surface area contributed by atoms with Crippen molar-refractivity contribution in [2.45, 2.75) is 110 Å². The zero-order valence-corrected chi connectivity index (χ0v) is 29.5. The van der Waals surface area contributed by atoms with Gasteiger partial charge in [0.25, 0.3) is 11.8 Å². The molecule has 0 spiro atoms. The first-order valence-corrected chi connectivity index (χ1v) is 15.8. The quantitative estimate of drug-likeness (QED) is 0.166. The average Bonchev–Trinajstić information content (AvgIpc) is 3.03. The fourth-order valence-electron chi connectivity index (χ4n) is 6.20. The third-order valence-corrected chi connectivity index (χ3v) is 9.67. The van der Waals surface area contributed by atoms with Crippen molar-refractivity contribution in [2.24, 2.45) is 11.8 Å². The monoisotopic (exact) mass is 663 g/mol. The predicted octanol–water partition coefficient (Wildman–Crippen LogP) is 1.30. The summed E-state index contributed by atoms with van der Waals surface area (Å²) in [7, 11) is 3.78. The van der Waals surface area contributed by atoms with E-state index in [1.54, 1.807) is 25.8 Å². The number of benzene rings is 1. The molecule has 0 saturated heterocycles. The molecule has 8 atom stereocenters. The second-order valence-electron chi connectivity index (χ2n) is 12.8. The first-order chi connectivity index (χ1) is 21.6. The van der Waals surface area contributed by atoms with E-state index in [9.17, 15) is 39.6 Å². The molecular weight excluding hydrogens is 610 g/mol. The Morgan fingerprint density at radius 3 is 1.51 bits per heavy atom. The molecule has 13 nitrogen and oxygen atoms in total. The van der Waals surface area contributed by atoms with Crippen molar-refractivity contribution >= 4 is 35.1 Å². The molecule has 0 saturated carbocycles. The van der Waals surface area contributed by atoms with Crippen LogP contribution in [0.15, 0.2) is 30.3 Å². The number of hydrogen-bond acceptors (Lipinski definition) is 10. The summed E-state index contributed by atoms with van der Waals surface area (Å²) in [6.45, 7) is 10.7. The molecule has 0 aliphatic carbocycles. The number of Topliss-reactive ketones (excluding diaryl/α,β-unsaturated/α-hetero) is 3. The smallest absolute Gasteiger partial charge is 0.343 e. The van der Waals surface area contributed by atoms with E-state index in [-0.39, 0.29) is 19.4 Å². The lowest BCUT2D eigenvalue weighted by Crippen LogP contribution is -2.80. The third-order valence-electron chi connectivity index (χ3n) is 9.67. The molecule has 1 aromatic carbocycles. The lowest BCUT2D eigenvalue weighted by Gasteiger charge is -2.54. The minimum absolute atomic E-state index is 0.0487. The lowest BCUT2D eigenvalue weighted by atomic mass is 9.60. The fraction of sp³-hybridized carbons (Fsp3) is 0.647. The number of carboxylic acids is 1. The number of aliphatic carboxylic acids is 1. The third kappa shape index (κ3) is 7.48. The number of ketones is 3. The number of hydrogen-bond donors (Lipinski definition) is 4. The first kappa shape index (κ1) is 41.5. The number of carboxylic acid groups (broad SMARTS) is 1. The largest absolute Gasteiger partial charge is 0.479 e. The van der Waals surface area contributed by atoms with Gasteiger partial charge in [0.1, 0.15) is 12.2 Å². The van der Waals surface area contributed by atoms with E-state index in [1.165, 1.54) is 20.8 Å². The van der Waals surface area contributed by atoms with E-state index >= 15 is 9.59 Å². The molecule has 1 rings (SSSR count). The van der Waals surface area contributed by atoms with Crippen molar-refractivity contribution in [3.05, 3.63) is 35.9 Å². The molecule has 1 aromatic rings.